The summed E-state index contributed by atoms with van der Waals surface area (Å²) in [5.74, 6) is 1.34. The summed E-state index contributed by atoms with van der Waals surface area (Å²) in [5, 5.41) is 8.47. The molecule has 0 radical (unpaired) electrons. The molecule has 68 valence electrons. The number of halogens is 1. The van der Waals surface area contributed by atoms with Gasteiger partial charge in [0.15, 0.2) is 16.5 Å². The molecule has 0 amide bonds. The SMILES string of the molecule is N#[N+]c1ccc2c(c1)OCCO2.[Cl-]. The van der Waals surface area contributed by atoms with Crippen molar-refractivity contribution in [3.05, 3.63) is 23.2 Å². The molecule has 0 atom stereocenters. The van der Waals surface area contributed by atoms with Gasteiger partial charge >= 0.3 is 5.69 Å². The van der Waals surface area contributed by atoms with Crippen LogP contribution < -0.4 is 21.9 Å². The van der Waals surface area contributed by atoms with E-state index in [4.69, 9.17) is 14.9 Å². The van der Waals surface area contributed by atoms with Gasteiger partial charge in [0.1, 0.15) is 13.2 Å². The lowest BCUT2D eigenvalue weighted by molar-refractivity contribution is -0.00000324. The van der Waals surface area contributed by atoms with Crippen LogP contribution in [0.4, 0.5) is 5.69 Å². The molecule has 4 nitrogen and oxygen atoms in total. The van der Waals surface area contributed by atoms with Crippen LogP contribution in [-0.2, 0) is 0 Å². The van der Waals surface area contributed by atoms with E-state index in [0.717, 1.165) is 0 Å². The zero-order valence-electron chi connectivity index (χ0n) is 6.74. The van der Waals surface area contributed by atoms with Crippen molar-refractivity contribution < 1.29 is 21.9 Å². The van der Waals surface area contributed by atoms with Crippen LogP contribution in [-0.4, -0.2) is 13.2 Å². The summed E-state index contributed by atoms with van der Waals surface area (Å²) in [5.41, 5.74) is 0.472. The molecule has 2 rings (SSSR count). The highest BCUT2D eigenvalue weighted by Gasteiger charge is 2.15. The fourth-order valence-electron chi connectivity index (χ4n) is 1.09. The van der Waals surface area contributed by atoms with Crippen molar-refractivity contribution in [1.29, 1.82) is 5.39 Å². The van der Waals surface area contributed by atoms with Gasteiger partial charge < -0.3 is 21.9 Å². The minimum atomic E-state index is 0. The van der Waals surface area contributed by atoms with Gasteiger partial charge in [-0.05, 0) is 6.07 Å². The lowest BCUT2D eigenvalue weighted by atomic mass is 10.3. The molecule has 0 spiro atoms. The minimum Gasteiger partial charge on any atom is -1.00 e. The largest absolute Gasteiger partial charge is 1.00 e. The summed E-state index contributed by atoms with van der Waals surface area (Å²) < 4.78 is 10.5. The van der Waals surface area contributed by atoms with E-state index in [1.165, 1.54) is 0 Å². The molecule has 0 aromatic heterocycles. The first-order valence-corrected chi connectivity index (χ1v) is 3.65. The van der Waals surface area contributed by atoms with E-state index in [-0.39, 0.29) is 12.4 Å². The fraction of sp³-hybridized carbons (Fsp3) is 0.250. The Morgan fingerprint density at radius 3 is 2.54 bits per heavy atom. The van der Waals surface area contributed by atoms with Crippen LogP contribution in [0.5, 0.6) is 11.5 Å². The van der Waals surface area contributed by atoms with Crippen molar-refractivity contribution in [2.45, 2.75) is 0 Å². The maximum Gasteiger partial charge on any atom is 0.389 e. The highest BCUT2D eigenvalue weighted by molar-refractivity contribution is 5.55. The molecule has 0 unspecified atom stereocenters. The fourth-order valence-corrected chi connectivity index (χ4v) is 1.09. The van der Waals surface area contributed by atoms with Gasteiger partial charge in [0.2, 0.25) is 5.39 Å². The van der Waals surface area contributed by atoms with Gasteiger partial charge in [-0.3, -0.25) is 0 Å². The van der Waals surface area contributed by atoms with E-state index >= 15 is 0 Å². The van der Waals surface area contributed by atoms with Gasteiger partial charge in [0.05, 0.1) is 6.07 Å². The molecule has 1 heterocycles. The summed E-state index contributed by atoms with van der Waals surface area (Å²) in [7, 11) is 0. The Kier molecular flexibility index (Phi) is 2.93. The number of rotatable bonds is 0. The summed E-state index contributed by atoms with van der Waals surface area (Å²) >= 11 is 0. The van der Waals surface area contributed by atoms with Gasteiger partial charge in [0.25, 0.3) is 0 Å². The van der Waals surface area contributed by atoms with Crippen LogP contribution in [0.1, 0.15) is 0 Å². The average Bonchev–Trinajstić information content (AvgIpc) is 2.17. The third-order valence-corrected chi connectivity index (χ3v) is 1.64. The molecule has 0 N–H and O–H groups in total. The zero-order valence-corrected chi connectivity index (χ0v) is 7.49. The standard InChI is InChI=1S/C8H7N2O2.ClH/c9-10-6-1-2-7-8(5-6)12-4-3-11-7;/h1-2,5H,3-4H2;1H/q+1;/p-1. The molecule has 1 aromatic carbocycles. The third-order valence-electron chi connectivity index (χ3n) is 1.64. The monoisotopic (exact) mass is 198 g/mol. The molecule has 1 aromatic rings. The molecule has 13 heavy (non-hydrogen) atoms. The normalized spacial score (nSPS) is 12.5. The first kappa shape index (κ1) is 9.62. The molecule has 1 aliphatic heterocycles. The Morgan fingerprint density at radius 1 is 1.15 bits per heavy atom. The predicted octanol–water partition coefficient (Wildman–Crippen LogP) is -1.05. The van der Waals surface area contributed by atoms with E-state index < -0.39 is 0 Å². The van der Waals surface area contributed by atoms with E-state index in [2.05, 4.69) is 4.98 Å². The van der Waals surface area contributed by atoms with Crippen LogP contribution in [0, 0.1) is 5.39 Å². The van der Waals surface area contributed by atoms with Gasteiger partial charge in [0, 0.05) is 6.07 Å². The molecule has 0 bridgehead atoms. The summed E-state index contributed by atoms with van der Waals surface area (Å²) in [6.45, 7) is 1.12. The number of hydrogen-bond acceptors (Lipinski definition) is 3. The average molecular weight is 199 g/mol. The maximum atomic E-state index is 8.47. The van der Waals surface area contributed by atoms with E-state index in [0.29, 0.717) is 30.4 Å². The van der Waals surface area contributed by atoms with Crippen LogP contribution in [0.2, 0.25) is 0 Å². The quantitative estimate of drug-likeness (QED) is 0.500. The van der Waals surface area contributed by atoms with E-state index in [1.807, 2.05) is 0 Å². The molecular weight excluding hydrogens is 192 g/mol. The van der Waals surface area contributed by atoms with Crippen molar-refractivity contribution in [3.8, 4) is 11.5 Å². The van der Waals surface area contributed by atoms with Crippen LogP contribution in [0.25, 0.3) is 4.98 Å². The van der Waals surface area contributed by atoms with Crippen molar-refractivity contribution >= 4 is 5.69 Å². The number of nitrogens with zero attached hydrogens (tertiary/aromatic N) is 2. The maximum absolute atomic E-state index is 8.47. The van der Waals surface area contributed by atoms with Gasteiger partial charge in [-0.1, -0.05) is 0 Å². The summed E-state index contributed by atoms with van der Waals surface area (Å²) in [6, 6.07) is 5.02. The molecule has 0 saturated carbocycles. The smallest absolute Gasteiger partial charge is 0.389 e. The second-order valence-corrected chi connectivity index (χ2v) is 2.43. The lowest BCUT2D eigenvalue weighted by Gasteiger charge is -2.16. The van der Waals surface area contributed by atoms with Crippen molar-refractivity contribution in [2.24, 2.45) is 0 Å². The Balaban J connectivity index is 0.000000845. The predicted molar refractivity (Wildman–Crippen MR) is 42.2 cm³/mol. The second-order valence-electron chi connectivity index (χ2n) is 2.43. The van der Waals surface area contributed by atoms with E-state index in [9.17, 15) is 0 Å². The number of hydrogen-bond donors (Lipinski definition) is 0. The second kappa shape index (κ2) is 3.97. The summed E-state index contributed by atoms with van der Waals surface area (Å²) in [6.07, 6.45) is 0. The van der Waals surface area contributed by atoms with Crippen LogP contribution in [0.15, 0.2) is 18.2 Å². The highest BCUT2D eigenvalue weighted by Crippen LogP contribution is 2.33. The molecule has 0 saturated heterocycles. The van der Waals surface area contributed by atoms with Gasteiger partial charge in [-0.15, -0.1) is 0 Å². The topological polar surface area (TPSA) is 46.6 Å². The Labute approximate surface area is 81.5 Å². The zero-order chi connectivity index (χ0) is 8.39. The van der Waals surface area contributed by atoms with Crippen molar-refractivity contribution in [3.63, 3.8) is 0 Å². The molecule has 0 fully saturated rings. The van der Waals surface area contributed by atoms with Crippen LogP contribution in [0.3, 0.4) is 0 Å². The van der Waals surface area contributed by atoms with Gasteiger partial charge in [-0.2, -0.15) is 0 Å². The highest BCUT2D eigenvalue weighted by atomic mass is 35.5. The van der Waals surface area contributed by atoms with Crippen molar-refractivity contribution in [2.75, 3.05) is 13.2 Å². The number of ether oxygens (including phenoxy) is 2. The minimum absolute atomic E-state index is 0. The van der Waals surface area contributed by atoms with E-state index in [1.54, 1.807) is 18.2 Å². The molecule has 1 aliphatic rings. The molecule has 5 heteroatoms. The Bertz CT molecular complexity index is 348. The molecular formula is C8H7ClN2O2. The third kappa shape index (κ3) is 1.82. The molecule has 0 aliphatic carbocycles. The van der Waals surface area contributed by atoms with Gasteiger partial charge in [-0.25, -0.2) is 0 Å². The first-order valence-electron chi connectivity index (χ1n) is 3.65. The lowest BCUT2D eigenvalue weighted by Crippen LogP contribution is -3.00. The van der Waals surface area contributed by atoms with Crippen molar-refractivity contribution in [1.82, 2.24) is 0 Å². The Morgan fingerprint density at radius 2 is 1.85 bits per heavy atom. The number of fused-ring (bicyclic) bond motifs is 1. The van der Waals surface area contributed by atoms with Crippen LogP contribution >= 0.6 is 0 Å². The number of benzene rings is 1. The number of diazo groups is 1. The first-order chi connectivity index (χ1) is 5.90. The summed E-state index contributed by atoms with van der Waals surface area (Å²) in [4.78, 5) is 3.04. The Hall–Kier alpha value is -1.47.